The van der Waals surface area contributed by atoms with Gasteiger partial charge in [0.05, 0.1) is 6.61 Å². The third-order valence-corrected chi connectivity index (χ3v) is 2.16. The molecule has 0 aromatic heterocycles. The molecule has 82 valence electrons. The van der Waals surface area contributed by atoms with Crippen LogP contribution < -0.4 is 15.2 Å². The molecule has 1 unspecified atom stereocenters. The summed E-state index contributed by atoms with van der Waals surface area (Å²) < 4.78 is 10.9. The van der Waals surface area contributed by atoms with Crippen molar-refractivity contribution in [2.24, 2.45) is 5.73 Å². The van der Waals surface area contributed by atoms with E-state index in [1.54, 1.807) is 0 Å². The minimum Gasteiger partial charge on any atom is -0.494 e. The van der Waals surface area contributed by atoms with E-state index in [4.69, 9.17) is 27.4 Å². The summed E-state index contributed by atoms with van der Waals surface area (Å²) in [7, 11) is 0. The maximum Gasteiger partial charge on any atom is 0.145 e. The predicted molar refractivity (Wildman–Crippen MR) is 64.5 cm³/mol. The Morgan fingerprint density at radius 1 is 1.47 bits per heavy atom. The summed E-state index contributed by atoms with van der Waals surface area (Å²) in [5, 5.41) is 0. The first-order chi connectivity index (χ1) is 7.13. The van der Waals surface area contributed by atoms with Crippen LogP contribution in [0.25, 0.3) is 0 Å². The van der Waals surface area contributed by atoms with Crippen molar-refractivity contribution >= 4 is 17.2 Å². The van der Waals surface area contributed by atoms with E-state index in [1.165, 1.54) is 0 Å². The van der Waals surface area contributed by atoms with Gasteiger partial charge in [0.1, 0.15) is 22.6 Å². The van der Waals surface area contributed by atoms with E-state index >= 15 is 0 Å². The number of nitrogens with two attached hydrogens (primary N) is 1. The lowest BCUT2D eigenvalue weighted by Gasteiger charge is -2.13. The highest BCUT2D eigenvalue weighted by Gasteiger charge is 2.06. The summed E-state index contributed by atoms with van der Waals surface area (Å²) in [6.45, 7) is 4.38. The average Bonchev–Trinajstić information content (AvgIpc) is 2.18. The summed E-state index contributed by atoms with van der Waals surface area (Å²) >= 11 is 4.82. The van der Waals surface area contributed by atoms with E-state index < -0.39 is 0 Å². The van der Waals surface area contributed by atoms with Gasteiger partial charge in [0, 0.05) is 6.07 Å². The van der Waals surface area contributed by atoms with Gasteiger partial charge in [0.25, 0.3) is 0 Å². The Hall–Kier alpha value is -1.29. The highest BCUT2D eigenvalue weighted by molar-refractivity contribution is 7.80. The van der Waals surface area contributed by atoms with Gasteiger partial charge in [-0.05, 0) is 26.0 Å². The van der Waals surface area contributed by atoms with E-state index in [0.29, 0.717) is 17.3 Å². The smallest absolute Gasteiger partial charge is 0.145 e. The van der Waals surface area contributed by atoms with Crippen molar-refractivity contribution in [3.05, 3.63) is 24.3 Å². The highest BCUT2D eigenvalue weighted by Crippen LogP contribution is 2.20. The zero-order valence-corrected chi connectivity index (χ0v) is 9.71. The summed E-state index contributed by atoms with van der Waals surface area (Å²) in [4.78, 5) is 0.344. The molecule has 1 aromatic rings. The Labute approximate surface area is 95.2 Å². The van der Waals surface area contributed by atoms with Crippen LogP contribution in [0.3, 0.4) is 0 Å². The Kier molecular flexibility index (Phi) is 4.37. The average molecular weight is 225 g/mol. The molecular weight excluding hydrogens is 210 g/mol. The topological polar surface area (TPSA) is 44.5 Å². The van der Waals surface area contributed by atoms with Gasteiger partial charge in [-0.2, -0.15) is 0 Å². The molecule has 0 aliphatic carbocycles. The fraction of sp³-hybridized carbons (Fsp3) is 0.364. The molecule has 0 radical (unpaired) electrons. The van der Waals surface area contributed by atoms with Crippen molar-refractivity contribution < 1.29 is 9.47 Å². The number of rotatable bonds is 5. The fourth-order valence-electron chi connectivity index (χ4n) is 1.07. The van der Waals surface area contributed by atoms with Gasteiger partial charge in [0.2, 0.25) is 0 Å². The third kappa shape index (κ3) is 3.75. The number of hydrogen-bond donors (Lipinski definition) is 1. The van der Waals surface area contributed by atoms with Gasteiger partial charge >= 0.3 is 0 Å². The zero-order chi connectivity index (χ0) is 11.3. The normalized spacial score (nSPS) is 11.9. The van der Waals surface area contributed by atoms with Gasteiger partial charge in [-0.15, -0.1) is 0 Å². The minimum absolute atomic E-state index is 0.267. The number of ether oxygens (including phenoxy) is 2. The molecule has 0 spiro atoms. The zero-order valence-electron chi connectivity index (χ0n) is 8.90. The van der Waals surface area contributed by atoms with Gasteiger partial charge in [-0.1, -0.05) is 18.3 Å². The summed E-state index contributed by atoms with van der Waals surface area (Å²) in [5.41, 5.74) is 5.46. The number of benzene rings is 1. The standard InChI is InChI=1S/C11H15NO2S/c1-3-13-9-5-4-6-10(7-9)14-8(2)11(12)15/h4-8H,3H2,1-2H3,(H2,12,15). The second-order valence-corrected chi connectivity index (χ2v) is 3.54. The molecule has 15 heavy (non-hydrogen) atoms. The Morgan fingerprint density at radius 2 is 2.13 bits per heavy atom. The first kappa shape index (κ1) is 11.8. The van der Waals surface area contributed by atoms with Crippen molar-refractivity contribution in [1.82, 2.24) is 0 Å². The van der Waals surface area contributed by atoms with Gasteiger partial charge in [-0.25, -0.2) is 0 Å². The largest absolute Gasteiger partial charge is 0.494 e. The van der Waals surface area contributed by atoms with Crippen molar-refractivity contribution in [1.29, 1.82) is 0 Å². The minimum atomic E-state index is -0.267. The van der Waals surface area contributed by atoms with Crippen LogP contribution in [0.2, 0.25) is 0 Å². The summed E-state index contributed by atoms with van der Waals surface area (Å²) in [6, 6.07) is 7.41. The molecule has 0 saturated carbocycles. The lowest BCUT2D eigenvalue weighted by molar-refractivity contribution is 0.284. The molecule has 0 bridgehead atoms. The van der Waals surface area contributed by atoms with Crippen LogP contribution in [0.1, 0.15) is 13.8 Å². The van der Waals surface area contributed by atoms with E-state index in [2.05, 4.69) is 0 Å². The quantitative estimate of drug-likeness (QED) is 0.780. The van der Waals surface area contributed by atoms with Crippen LogP contribution in [0.15, 0.2) is 24.3 Å². The maximum atomic E-state index is 5.52. The van der Waals surface area contributed by atoms with Crippen molar-refractivity contribution in [3.63, 3.8) is 0 Å². The molecule has 1 aromatic carbocycles. The number of thiocarbonyl (C=S) groups is 1. The summed E-state index contributed by atoms with van der Waals surface area (Å²) in [6.07, 6.45) is -0.267. The molecule has 1 rings (SSSR count). The number of hydrogen-bond acceptors (Lipinski definition) is 3. The molecule has 0 heterocycles. The van der Waals surface area contributed by atoms with Crippen LogP contribution in [0.5, 0.6) is 11.5 Å². The first-order valence-corrected chi connectivity index (χ1v) is 5.23. The molecule has 0 amide bonds. The van der Waals surface area contributed by atoms with Crippen LogP contribution in [0, 0.1) is 0 Å². The van der Waals surface area contributed by atoms with Crippen LogP contribution >= 0.6 is 12.2 Å². The fourth-order valence-corrected chi connectivity index (χ4v) is 1.11. The second kappa shape index (κ2) is 5.56. The molecule has 3 nitrogen and oxygen atoms in total. The van der Waals surface area contributed by atoms with Crippen LogP contribution in [-0.4, -0.2) is 17.7 Å². The predicted octanol–water partition coefficient (Wildman–Crippen LogP) is 2.14. The van der Waals surface area contributed by atoms with Crippen molar-refractivity contribution in [2.45, 2.75) is 20.0 Å². The lowest BCUT2D eigenvalue weighted by Crippen LogP contribution is -2.28. The molecule has 0 fully saturated rings. The monoisotopic (exact) mass is 225 g/mol. The Bertz CT molecular complexity index is 341. The van der Waals surface area contributed by atoms with E-state index in [-0.39, 0.29) is 6.10 Å². The van der Waals surface area contributed by atoms with E-state index in [1.807, 2.05) is 38.1 Å². The second-order valence-electron chi connectivity index (χ2n) is 3.07. The third-order valence-electron chi connectivity index (χ3n) is 1.83. The van der Waals surface area contributed by atoms with E-state index in [0.717, 1.165) is 5.75 Å². The van der Waals surface area contributed by atoms with Crippen LogP contribution in [0.4, 0.5) is 0 Å². The molecule has 2 N–H and O–H groups in total. The van der Waals surface area contributed by atoms with Crippen molar-refractivity contribution in [3.8, 4) is 11.5 Å². The molecule has 1 atom stereocenters. The lowest BCUT2D eigenvalue weighted by atomic mass is 10.3. The maximum absolute atomic E-state index is 5.52. The highest BCUT2D eigenvalue weighted by atomic mass is 32.1. The first-order valence-electron chi connectivity index (χ1n) is 4.82. The van der Waals surface area contributed by atoms with Crippen LogP contribution in [-0.2, 0) is 0 Å². The molecule has 0 saturated heterocycles. The van der Waals surface area contributed by atoms with E-state index in [9.17, 15) is 0 Å². The van der Waals surface area contributed by atoms with Gasteiger partial charge < -0.3 is 15.2 Å². The molecular formula is C11H15NO2S. The van der Waals surface area contributed by atoms with Gasteiger partial charge in [-0.3, -0.25) is 0 Å². The Balaban J connectivity index is 2.68. The van der Waals surface area contributed by atoms with Crippen molar-refractivity contribution in [2.75, 3.05) is 6.61 Å². The Morgan fingerprint density at radius 3 is 2.73 bits per heavy atom. The summed E-state index contributed by atoms with van der Waals surface area (Å²) in [5.74, 6) is 1.49. The molecule has 4 heteroatoms. The SMILES string of the molecule is CCOc1cccc(OC(C)C(N)=S)c1. The molecule has 0 aliphatic rings. The van der Waals surface area contributed by atoms with Gasteiger partial charge in [0.15, 0.2) is 0 Å². The molecule has 0 aliphatic heterocycles.